The highest BCUT2D eigenvalue weighted by atomic mass is 19.1. The number of hydrogen-bond acceptors (Lipinski definition) is 2. The van der Waals surface area contributed by atoms with Crippen LogP contribution >= 0.6 is 0 Å². The van der Waals surface area contributed by atoms with Crippen LogP contribution in [-0.4, -0.2) is 5.91 Å². The number of carbonyl (C=O) groups is 1. The molecule has 2 N–H and O–H groups in total. The Labute approximate surface area is 113 Å². The van der Waals surface area contributed by atoms with Crippen molar-refractivity contribution in [3.05, 3.63) is 65.9 Å². The number of carbonyl (C=O) groups excluding carboxylic acids is 1. The van der Waals surface area contributed by atoms with Crippen molar-refractivity contribution in [3.8, 4) is 0 Å². The van der Waals surface area contributed by atoms with Gasteiger partial charge in [0, 0.05) is 23.5 Å². The monoisotopic (exact) mass is 272 g/mol. The van der Waals surface area contributed by atoms with Crippen molar-refractivity contribution in [1.82, 2.24) is 0 Å². The van der Waals surface area contributed by atoms with E-state index in [0.29, 0.717) is 11.3 Å². The Morgan fingerprint density at radius 2 is 1.90 bits per heavy atom. The Hall–Kier alpha value is -2.69. The Kier molecular flexibility index (Phi) is 2.95. The van der Waals surface area contributed by atoms with E-state index in [0.717, 1.165) is 17.7 Å². The molecule has 3 rings (SSSR count). The third kappa shape index (κ3) is 2.14. The van der Waals surface area contributed by atoms with Crippen LogP contribution in [0.4, 0.5) is 20.2 Å². The first-order valence-electron chi connectivity index (χ1n) is 5.97. The van der Waals surface area contributed by atoms with Gasteiger partial charge in [-0.15, -0.1) is 0 Å². The quantitative estimate of drug-likeness (QED) is 0.823. The predicted molar refractivity (Wildman–Crippen MR) is 73.0 cm³/mol. The fourth-order valence-corrected chi connectivity index (χ4v) is 2.04. The molecular formula is C15H10F2N2O. The molecule has 2 aromatic rings. The summed E-state index contributed by atoms with van der Waals surface area (Å²) in [6.07, 6.45) is 1.41. The van der Waals surface area contributed by atoms with E-state index in [1.54, 1.807) is 12.1 Å². The molecule has 2 aromatic carbocycles. The molecule has 20 heavy (non-hydrogen) atoms. The Bertz CT molecular complexity index is 726. The van der Waals surface area contributed by atoms with Gasteiger partial charge in [-0.2, -0.15) is 0 Å². The standard InChI is InChI=1S/C15H10F2N2O/c16-9-5-6-14(12(17)7-9)18-8-11-10-3-1-2-4-13(10)19-15(11)20/h1-8,18H,(H,19,20)/b11-8-. The first-order valence-corrected chi connectivity index (χ1v) is 5.97. The molecule has 1 aliphatic rings. The second-order valence-electron chi connectivity index (χ2n) is 4.33. The van der Waals surface area contributed by atoms with E-state index in [-0.39, 0.29) is 11.6 Å². The minimum atomic E-state index is -0.714. The van der Waals surface area contributed by atoms with E-state index in [1.165, 1.54) is 12.3 Å². The number of para-hydroxylation sites is 1. The lowest BCUT2D eigenvalue weighted by Crippen LogP contribution is -2.05. The van der Waals surface area contributed by atoms with Crippen LogP contribution in [0.15, 0.2) is 48.7 Å². The third-order valence-electron chi connectivity index (χ3n) is 3.01. The number of benzene rings is 2. The fraction of sp³-hybridized carbons (Fsp3) is 0. The van der Waals surface area contributed by atoms with Gasteiger partial charge in [0.15, 0.2) is 0 Å². The Morgan fingerprint density at radius 3 is 2.70 bits per heavy atom. The number of halogens is 2. The van der Waals surface area contributed by atoms with Crippen LogP contribution in [0, 0.1) is 11.6 Å². The maximum absolute atomic E-state index is 13.5. The van der Waals surface area contributed by atoms with Crippen LogP contribution < -0.4 is 10.6 Å². The lowest BCUT2D eigenvalue weighted by atomic mass is 10.1. The van der Waals surface area contributed by atoms with Gasteiger partial charge in [0.2, 0.25) is 0 Å². The summed E-state index contributed by atoms with van der Waals surface area (Å²) < 4.78 is 26.3. The lowest BCUT2D eigenvalue weighted by molar-refractivity contribution is -0.110. The molecule has 0 saturated carbocycles. The van der Waals surface area contributed by atoms with E-state index in [2.05, 4.69) is 10.6 Å². The smallest absolute Gasteiger partial charge is 0.257 e. The number of hydrogen-bond donors (Lipinski definition) is 2. The van der Waals surface area contributed by atoms with Crippen molar-refractivity contribution in [3.63, 3.8) is 0 Å². The van der Waals surface area contributed by atoms with Crippen molar-refractivity contribution in [2.45, 2.75) is 0 Å². The van der Waals surface area contributed by atoms with Crippen LogP contribution in [0.5, 0.6) is 0 Å². The summed E-state index contributed by atoms with van der Waals surface area (Å²) >= 11 is 0. The summed E-state index contributed by atoms with van der Waals surface area (Å²) in [5, 5.41) is 5.40. The van der Waals surface area contributed by atoms with Crippen LogP contribution in [-0.2, 0) is 4.79 Å². The number of amides is 1. The van der Waals surface area contributed by atoms with Crippen LogP contribution in [0.2, 0.25) is 0 Å². The highest BCUT2D eigenvalue weighted by molar-refractivity contribution is 6.31. The average Bonchev–Trinajstić information content (AvgIpc) is 2.74. The lowest BCUT2D eigenvalue weighted by Gasteiger charge is -2.04. The summed E-state index contributed by atoms with van der Waals surface area (Å²) in [5.41, 5.74) is 1.97. The molecule has 0 radical (unpaired) electrons. The topological polar surface area (TPSA) is 41.1 Å². The van der Waals surface area contributed by atoms with Gasteiger partial charge < -0.3 is 10.6 Å². The molecule has 0 atom stereocenters. The second kappa shape index (κ2) is 4.77. The molecule has 0 spiro atoms. The summed E-state index contributed by atoms with van der Waals surface area (Å²) in [6.45, 7) is 0. The molecule has 0 unspecified atom stereocenters. The molecule has 1 aliphatic heterocycles. The van der Waals surface area contributed by atoms with Crippen molar-refractivity contribution in [1.29, 1.82) is 0 Å². The third-order valence-corrected chi connectivity index (χ3v) is 3.01. The fourth-order valence-electron chi connectivity index (χ4n) is 2.04. The molecule has 100 valence electrons. The Balaban J connectivity index is 1.91. The first kappa shape index (κ1) is 12.3. The van der Waals surface area contributed by atoms with Gasteiger partial charge in [-0.05, 0) is 18.2 Å². The minimum absolute atomic E-state index is 0.107. The van der Waals surface area contributed by atoms with E-state index in [4.69, 9.17) is 0 Å². The molecule has 0 bridgehead atoms. The van der Waals surface area contributed by atoms with Gasteiger partial charge in [0.1, 0.15) is 11.6 Å². The van der Waals surface area contributed by atoms with E-state index in [1.807, 2.05) is 12.1 Å². The van der Waals surface area contributed by atoms with E-state index in [9.17, 15) is 13.6 Å². The van der Waals surface area contributed by atoms with Crippen molar-refractivity contribution in [2.75, 3.05) is 10.6 Å². The van der Waals surface area contributed by atoms with Gasteiger partial charge in [0.05, 0.1) is 11.3 Å². The summed E-state index contributed by atoms with van der Waals surface area (Å²) in [6, 6.07) is 10.4. The number of rotatable bonds is 2. The van der Waals surface area contributed by atoms with Gasteiger partial charge in [0.25, 0.3) is 5.91 Å². The predicted octanol–water partition coefficient (Wildman–Crippen LogP) is 3.37. The van der Waals surface area contributed by atoms with E-state index < -0.39 is 11.6 Å². The summed E-state index contributed by atoms with van der Waals surface area (Å²) in [7, 11) is 0. The zero-order chi connectivity index (χ0) is 14.1. The molecule has 1 amide bonds. The van der Waals surface area contributed by atoms with E-state index >= 15 is 0 Å². The van der Waals surface area contributed by atoms with Crippen LogP contribution in [0.1, 0.15) is 5.56 Å². The normalized spacial score (nSPS) is 15.1. The average molecular weight is 272 g/mol. The van der Waals surface area contributed by atoms with Gasteiger partial charge in [-0.1, -0.05) is 18.2 Å². The zero-order valence-electron chi connectivity index (χ0n) is 10.3. The maximum Gasteiger partial charge on any atom is 0.257 e. The molecule has 0 fully saturated rings. The molecule has 5 heteroatoms. The maximum atomic E-state index is 13.5. The van der Waals surface area contributed by atoms with Crippen LogP contribution in [0.3, 0.4) is 0 Å². The minimum Gasteiger partial charge on any atom is -0.358 e. The first-order chi connectivity index (χ1) is 9.65. The van der Waals surface area contributed by atoms with Gasteiger partial charge >= 0.3 is 0 Å². The molecule has 3 nitrogen and oxygen atoms in total. The zero-order valence-corrected chi connectivity index (χ0v) is 10.3. The van der Waals surface area contributed by atoms with Crippen LogP contribution in [0.25, 0.3) is 5.57 Å². The van der Waals surface area contributed by atoms with Crippen molar-refractivity contribution in [2.24, 2.45) is 0 Å². The number of fused-ring (bicyclic) bond motifs is 1. The highest BCUT2D eigenvalue weighted by Gasteiger charge is 2.23. The summed E-state index contributed by atoms with van der Waals surface area (Å²) in [4.78, 5) is 11.8. The molecule has 0 aromatic heterocycles. The number of nitrogens with one attached hydrogen (secondary N) is 2. The molecular weight excluding hydrogens is 262 g/mol. The van der Waals surface area contributed by atoms with Gasteiger partial charge in [-0.3, -0.25) is 4.79 Å². The number of anilines is 2. The Morgan fingerprint density at radius 1 is 1.10 bits per heavy atom. The molecule has 0 saturated heterocycles. The molecule has 0 aliphatic carbocycles. The highest BCUT2D eigenvalue weighted by Crippen LogP contribution is 2.31. The summed E-state index contributed by atoms with van der Waals surface area (Å²) in [5.74, 6) is -1.63. The van der Waals surface area contributed by atoms with Gasteiger partial charge in [-0.25, -0.2) is 8.78 Å². The SMILES string of the molecule is O=C1Nc2ccccc2/C1=C/Nc1ccc(F)cc1F. The second-order valence-corrected chi connectivity index (χ2v) is 4.33. The molecule has 1 heterocycles. The van der Waals surface area contributed by atoms with Crippen molar-refractivity contribution >= 4 is 22.9 Å². The van der Waals surface area contributed by atoms with Crippen molar-refractivity contribution < 1.29 is 13.6 Å². The largest absolute Gasteiger partial charge is 0.358 e.